The topological polar surface area (TPSA) is 46.2 Å². The van der Waals surface area contributed by atoms with E-state index in [1.807, 2.05) is 60.7 Å². The van der Waals surface area contributed by atoms with Gasteiger partial charge < -0.3 is 5.32 Å². The quantitative estimate of drug-likeness (QED) is 0.185. The number of carbonyl (C=O) groups excluding carboxylic acids is 2. The fourth-order valence-electron chi connectivity index (χ4n) is 5.50. The van der Waals surface area contributed by atoms with Gasteiger partial charge in [0.2, 0.25) is 0 Å². The zero-order valence-electron chi connectivity index (χ0n) is 24.4. The van der Waals surface area contributed by atoms with Crippen molar-refractivity contribution in [2.24, 2.45) is 0 Å². The smallest absolute Gasteiger partial charge is 0.161 e. The van der Waals surface area contributed by atoms with Crippen LogP contribution in [0.15, 0.2) is 71.8 Å². The van der Waals surface area contributed by atoms with Crippen LogP contribution in [-0.4, -0.2) is 11.6 Å². The Bertz CT molecular complexity index is 1080. The van der Waals surface area contributed by atoms with Crippen LogP contribution in [0.1, 0.15) is 128 Å². The summed E-state index contributed by atoms with van der Waals surface area (Å²) in [5.74, 6) is 0.168. The third kappa shape index (κ3) is 10.3. The molecular formula is C36H49NO2. The van der Waals surface area contributed by atoms with E-state index in [9.17, 15) is 9.59 Å². The lowest BCUT2D eigenvalue weighted by atomic mass is 9.87. The summed E-state index contributed by atoms with van der Waals surface area (Å²) in [4.78, 5) is 26.1. The average molecular weight is 528 g/mol. The first-order valence-corrected chi connectivity index (χ1v) is 15.5. The maximum atomic E-state index is 13.5. The Balaban J connectivity index is 1.48. The Labute approximate surface area is 237 Å². The second kappa shape index (κ2) is 17.6. The van der Waals surface area contributed by atoms with Crippen molar-refractivity contribution in [3.63, 3.8) is 0 Å². The van der Waals surface area contributed by atoms with Crippen molar-refractivity contribution in [3.05, 3.63) is 82.9 Å². The Morgan fingerprint density at radius 1 is 0.590 bits per heavy atom. The number of ketones is 2. The van der Waals surface area contributed by atoms with Gasteiger partial charge in [-0.05, 0) is 24.5 Å². The first-order chi connectivity index (χ1) is 19.1. The molecule has 0 saturated carbocycles. The van der Waals surface area contributed by atoms with E-state index in [-0.39, 0.29) is 11.6 Å². The van der Waals surface area contributed by atoms with E-state index in [1.54, 1.807) is 6.92 Å². The van der Waals surface area contributed by atoms with Gasteiger partial charge in [-0.25, -0.2) is 0 Å². The molecule has 0 aliphatic carbocycles. The molecule has 2 aromatic rings. The van der Waals surface area contributed by atoms with Gasteiger partial charge in [0, 0.05) is 24.0 Å². The van der Waals surface area contributed by atoms with Gasteiger partial charge in [-0.3, -0.25) is 9.59 Å². The number of nitrogens with one attached hydrogen (secondary N) is 1. The summed E-state index contributed by atoms with van der Waals surface area (Å²) < 4.78 is 0. The minimum Gasteiger partial charge on any atom is -0.354 e. The number of dihydropyridines is 1. The second-order valence-corrected chi connectivity index (χ2v) is 11.1. The van der Waals surface area contributed by atoms with Crippen LogP contribution < -0.4 is 5.32 Å². The summed E-state index contributed by atoms with van der Waals surface area (Å²) >= 11 is 0. The number of carbonyl (C=O) groups is 2. The Kier molecular flexibility index (Phi) is 13.8. The molecule has 2 aromatic carbocycles. The van der Waals surface area contributed by atoms with Gasteiger partial charge in [-0.15, -0.1) is 0 Å². The number of hydrogen-bond acceptors (Lipinski definition) is 3. The zero-order chi connectivity index (χ0) is 27.7. The molecule has 0 fully saturated rings. The number of allylic oxidation sites excluding steroid dienone is 2. The SMILES string of the molecule is CCCCCCCCCCCCCCCCC(=O)C1=C(c2ccccc2)NC(c2ccccc2)=C(C(C)=O)C1. The fraction of sp³-hybridized carbons (Fsp3) is 0.500. The highest BCUT2D eigenvalue weighted by Gasteiger charge is 2.27. The average Bonchev–Trinajstić information content (AvgIpc) is 2.97. The van der Waals surface area contributed by atoms with Gasteiger partial charge in [0.25, 0.3) is 0 Å². The predicted molar refractivity (Wildman–Crippen MR) is 165 cm³/mol. The van der Waals surface area contributed by atoms with Crippen LogP contribution in [0.2, 0.25) is 0 Å². The van der Waals surface area contributed by atoms with Crippen LogP contribution in [0.5, 0.6) is 0 Å². The highest BCUT2D eigenvalue weighted by atomic mass is 16.1. The minimum absolute atomic E-state index is 0.00950. The third-order valence-corrected chi connectivity index (χ3v) is 7.85. The standard InChI is InChI=1S/C36H49NO2/c1-3-4-5-6-7-8-9-10-11-12-13-14-15-22-27-34(39)33-28-32(29(2)38)35(30-23-18-16-19-24-30)37-36(33)31-25-20-17-21-26-31/h16-21,23-26,37H,3-15,22,27-28H2,1-2H3. The molecule has 0 aromatic heterocycles. The minimum atomic E-state index is 0.00950. The predicted octanol–water partition coefficient (Wildman–Crippen LogP) is 9.83. The number of benzene rings is 2. The summed E-state index contributed by atoms with van der Waals surface area (Å²) in [5.41, 5.74) is 5.03. The summed E-state index contributed by atoms with van der Waals surface area (Å²) in [7, 11) is 0. The molecule has 0 amide bonds. The molecule has 3 heteroatoms. The summed E-state index contributed by atoms with van der Waals surface area (Å²) in [5, 5.41) is 3.52. The first-order valence-electron chi connectivity index (χ1n) is 15.5. The molecule has 0 spiro atoms. The number of hydrogen-bond donors (Lipinski definition) is 1. The molecule has 39 heavy (non-hydrogen) atoms. The zero-order valence-corrected chi connectivity index (χ0v) is 24.4. The molecule has 1 N–H and O–H groups in total. The van der Waals surface area contributed by atoms with Crippen molar-refractivity contribution >= 4 is 23.0 Å². The fourth-order valence-corrected chi connectivity index (χ4v) is 5.50. The van der Waals surface area contributed by atoms with Crippen molar-refractivity contribution in [2.75, 3.05) is 0 Å². The molecule has 3 rings (SSSR count). The van der Waals surface area contributed by atoms with E-state index >= 15 is 0 Å². The molecule has 0 bridgehead atoms. The molecule has 0 saturated heterocycles. The highest BCUT2D eigenvalue weighted by Crippen LogP contribution is 2.34. The molecule has 1 aliphatic heterocycles. The molecule has 1 aliphatic rings. The van der Waals surface area contributed by atoms with Crippen molar-refractivity contribution in [3.8, 4) is 0 Å². The van der Waals surface area contributed by atoms with Gasteiger partial charge in [0.05, 0.1) is 11.4 Å². The monoisotopic (exact) mass is 527 g/mol. The van der Waals surface area contributed by atoms with Gasteiger partial charge in [0.15, 0.2) is 11.6 Å². The summed E-state index contributed by atoms with van der Waals surface area (Å²) in [6.45, 7) is 3.87. The highest BCUT2D eigenvalue weighted by molar-refractivity contribution is 6.11. The molecule has 3 nitrogen and oxygen atoms in total. The molecule has 210 valence electrons. The van der Waals surface area contributed by atoms with E-state index in [0.29, 0.717) is 18.4 Å². The lowest BCUT2D eigenvalue weighted by Crippen LogP contribution is -2.25. The lowest BCUT2D eigenvalue weighted by Gasteiger charge is -2.27. The molecule has 1 heterocycles. The van der Waals surface area contributed by atoms with Gasteiger partial charge >= 0.3 is 0 Å². The van der Waals surface area contributed by atoms with Crippen LogP contribution >= 0.6 is 0 Å². The second-order valence-electron chi connectivity index (χ2n) is 11.1. The first kappa shape index (κ1) is 30.6. The normalized spacial score (nSPS) is 13.5. The van der Waals surface area contributed by atoms with E-state index in [2.05, 4.69) is 12.2 Å². The number of rotatable bonds is 19. The molecule has 0 unspecified atom stereocenters. The van der Waals surface area contributed by atoms with E-state index in [4.69, 9.17) is 0 Å². The van der Waals surface area contributed by atoms with Crippen LogP contribution in [0.25, 0.3) is 11.4 Å². The molecule has 0 radical (unpaired) electrons. The van der Waals surface area contributed by atoms with Crippen molar-refractivity contribution in [1.29, 1.82) is 0 Å². The number of unbranched alkanes of at least 4 members (excludes halogenated alkanes) is 13. The van der Waals surface area contributed by atoms with Gasteiger partial charge in [0.1, 0.15) is 0 Å². The van der Waals surface area contributed by atoms with Gasteiger partial charge in [-0.2, -0.15) is 0 Å². The largest absolute Gasteiger partial charge is 0.354 e. The van der Waals surface area contributed by atoms with E-state index in [0.717, 1.165) is 40.9 Å². The van der Waals surface area contributed by atoms with E-state index < -0.39 is 0 Å². The van der Waals surface area contributed by atoms with Crippen LogP contribution in [0.4, 0.5) is 0 Å². The van der Waals surface area contributed by atoms with E-state index in [1.165, 1.54) is 77.0 Å². The molecule has 0 atom stereocenters. The maximum absolute atomic E-state index is 13.5. The Morgan fingerprint density at radius 2 is 1.00 bits per heavy atom. The molecular weight excluding hydrogens is 478 g/mol. The van der Waals surface area contributed by atoms with Crippen molar-refractivity contribution < 1.29 is 9.59 Å². The lowest BCUT2D eigenvalue weighted by molar-refractivity contribution is -0.115. The third-order valence-electron chi connectivity index (χ3n) is 7.85. The van der Waals surface area contributed by atoms with Gasteiger partial charge in [-0.1, -0.05) is 151 Å². The van der Waals surface area contributed by atoms with Crippen molar-refractivity contribution in [1.82, 2.24) is 5.32 Å². The summed E-state index contributed by atoms with van der Waals surface area (Å²) in [6, 6.07) is 20.0. The maximum Gasteiger partial charge on any atom is 0.161 e. The van der Waals surface area contributed by atoms with Crippen LogP contribution in [0.3, 0.4) is 0 Å². The summed E-state index contributed by atoms with van der Waals surface area (Å²) in [6.07, 6.45) is 19.1. The van der Waals surface area contributed by atoms with Crippen molar-refractivity contribution in [2.45, 2.75) is 117 Å². The van der Waals surface area contributed by atoms with Crippen LogP contribution in [-0.2, 0) is 9.59 Å². The van der Waals surface area contributed by atoms with Crippen LogP contribution in [0, 0.1) is 0 Å². The Hall–Kier alpha value is -2.94. The number of Topliss-reactive ketones (excluding diaryl/α,β-unsaturated/α-hetero) is 2. The Morgan fingerprint density at radius 3 is 1.44 bits per heavy atom.